The van der Waals surface area contributed by atoms with E-state index in [-0.39, 0.29) is 22.3 Å². The first-order chi connectivity index (χ1) is 15.9. The van der Waals surface area contributed by atoms with Gasteiger partial charge < -0.3 is 14.8 Å². The van der Waals surface area contributed by atoms with Crippen LogP contribution in [0.2, 0.25) is 0 Å². The predicted molar refractivity (Wildman–Crippen MR) is 126 cm³/mol. The van der Waals surface area contributed by atoms with Crippen LogP contribution in [0.1, 0.15) is 15.9 Å². The molecule has 3 aromatic carbocycles. The van der Waals surface area contributed by atoms with Crippen LogP contribution in [0, 0.1) is 5.92 Å². The lowest BCUT2D eigenvalue weighted by Gasteiger charge is -2.25. The summed E-state index contributed by atoms with van der Waals surface area (Å²) in [5.41, 5.74) is 1.90. The molecule has 0 aliphatic carbocycles. The average Bonchev–Trinajstić information content (AvgIpc) is 2.86. The molecule has 1 aliphatic rings. The van der Waals surface area contributed by atoms with Crippen LogP contribution in [0.15, 0.2) is 77.7 Å². The van der Waals surface area contributed by atoms with Crippen LogP contribution in [-0.4, -0.2) is 41.6 Å². The van der Waals surface area contributed by atoms with Gasteiger partial charge in [-0.3, -0.25) is 9.10 Å². The highest BCUT2D eigenvalue weighted by Gasteiger charge is 2.24. The zero-order chi connectivity index (χ0) is 23.4. The molecule has 0 aromatic heterocycles. The Bertz CT molecular complexity index is 1240. The van der Waals surface area contributed by atoms with Gasteiger partial charge in [-0.2, -0.15) is 0 Å². The predicted octanol–water partition coefficient (Wildman–Crippen LogP) is 3.50. The molecule has 1 unspecified atom stereocenters. The number of para-hydroxylation sites is 1. The Hall–Kier alpha value is -3.52. The van der Waals surface area contributed by atoms with Gasteiger partial charge in [-0.1, -0.05) is 24.3 Å². The molecular formula is C25H26N2O5S. The number of benzene rings is 3. The van der Waals surface area contributed by atoms with Crippen molar-refractivity contribution in [2.75, 3.05) is 31.6 Å². The van der Waals surface area contributed by atoms with E-state index in [1.807, 2.05) is 24.3 Å². The minimum atomic E-state index is -3.84. The highest BCUT2D eigenvalue weighted by atomic mass is 32.2. The third-order valence-electron chi connectivity index (χ3n) is 5.70. The van der Waals surface area contributed by atoms with Crippen LogP contribution < -0.4 is 19.1 Å². The number of anilines is 1. The zero-order valence-corrected chi connectivity index (χ0v) is 19.3. The number of hydrogen-bond acceptors (Lipinski definition) is 5. The third kappa shape index (κ3) is 4.96. The summed E-state index contributed by atoms with van der Waals surface area (Å²) >= 11 is 0. The number of nitrogens with zero attached hydrogens (tertiary/aromatic N) is 1. The lowest BCUT2D eigenvalue weighted by atomic mass is 9.96. The van der Waals surface area contributed by atoms with Crippen LogP contribution in [0.25, 0.3) is 0 Å². The summed E-state index contributed by atoms with van der Waals surface area (Å²) in [6.07, 6.45) is 0.817. The molecule has 0 saturated heterocycles. The van der Waals surface area contributed by atoms with Gasteiger partial charge in [-0.05, 0) is 60.5 Å². The van der Waals surface area contributed by atoms with Gasteiger partial charge >= 0.3 is 0 Å². The van der Waals surface area contributed by atoms with Crippen molar-refractivity contribution in [2.45, 2.75) is 11.3 Å². The van der Waals surface area contributed by atoms with E-state index in [0.29, 0.717) is 24.6 Å². The lowest BCUT2D eigenvalue weighted by molar-refractivity contribution is 0.0939. The van der Waals surface area contributed by atoms with Crippen molar-refractivity contribution in [3.63, 3.8) is 0 Å². The van der Waals surface area contributed by atoms with Gasteiger partial charge in [-0.15, -0.1) is 0 Å². The van der Waals surface area contributed by atoms with Gasteiger partial charge in [0.25, 0.3) is 15.9 Å². The quantitative estimate of drug-likeness (QED) is 0.576. The summed E-state index contributed by atoms with van der Waals surface area (Å²) in [5.74, 6) is 1.35. The molecule has 0 fully saturated rings. The molecule has 0 radical (unpaired) electrons. The van der Waals surface area contributed by atoms with Crippen molar-refractivity contribution in [2.24, 2.45) is 5.92 Å². The number of ether oxygens (including phenoxy) is 2. The monoisotopic (exact) mass is 466 g/mol. The number of amides is 1. The summed E-state index contributed by atoms with van der Waals surface area (Å²) in [7, 11) is -0.819. The van der Waals surface area contributed by atoms with E-state index >= 15 is 0 Å². The largest absolute Gasteiger partial charge is 0.497 e. The molecule has 4 rings (SSSR count). The molecule has 1 atom stereocenters. The van der Waals surface area contributed by atoms with Gasteiger partial charge in [0, 0.05) is 25.1 Å². The van der Waals surface area contributed by atoms with Crippen molar-refractivity contribution in [3.05, 3.63) is 83.9 Å². The Balaban J connectivity index is 1.43. The molecule has 0 spiro atoms. The van der Waals surface area contributed by atoms with Crippen LogP contribution >= 0.6 is 0 Å². The number of nitrogens with one attached hydrogen (secondary N) is 1. The van der Waals surface area contributed by atoms with E-state index in [1.165, 1.54) is 23.5 Å². The number of sulfonamides is 1. The Kier molecular flexibility index (Phi) is 6.55. The molecule has 8 heteroatoms. The highest BCUT2D eigenvalue weighted by Crippen LogP contribution is 2.27. The van der Waals surface area contributed by atoms with Gasteiger partial charge in [0.05, 0.1) is 24.3 Å². The molecule has 1 heterocycles. The second kappa shape index (κ2) is 9.54. The Morgan fingerprint density at radius 2 is 1.85 bits per heavy atom. The van der Waals surface area contributed by atoms with Gasteiger partial charge in [-0.25, -0.2) is 8.42 Å². The smallest absolute Gasteiger partial charge is 0.264 e. The van der Waals surface area contributed by atoms with Crippen LogP contribution in [-0.2, 0) is 16.4 Å². The molecule has 3 aromatic rings. The molecular weight excluding hydrogens is 440 g/mol. The minimum Gasteiger partial charge on any atom is -0.497 e. The van der Waals surface area contributed by atoms with Crippen LogP contribution in [0.4, 0.5) is 5.69 Å². The second-order valence-electron chi connectivity index (χ2n) is 7.90. The van der Waals surface area contributed by atoms with E-state index < -0.39 is 10.0 Å². The van der Waals surface area contributed by atoms with Crippen LogP contribution in [0.3, 0.4) is 0 Å². The summed E-state index contributed by atoms with van der Waals surface area (Å²) in [4.78, 5) is 12.8. The first kappa shape index (κ1) is 22.7. The number of carbonyl (C=O) groups excluding carboxylic acids is 1. The highest BCUT2D eigenvalue weighted by molar-refractivity contribution is 7.92. The Morgan fingerprint density at radius 1 is 1.09 bits per heavy atom. The lowest BCUT2D eigenvalue weighted by Crippen LogP contribution is -2.35. The van der Waals surface area contributed by atoms with Gasteiger partial charge in [0.2, 0.25) is 0 Å². The summed E-state index contributed by atoms with van der Waals surface area (Å²) in [5, 5.41) is 2.91. The van der Waals surface area contributed by atoms with Crippen molar-refractivity contribution in [1.82, 2.24) is 5.32 Å². The molecule has 7 nitrogen and oxygen atoms in total. The van der Waals surface area contributed by atoms with Gasteiger partial charge in [0.15, 0.2) is 0 Å². The fourth-order valence-corrected chi connectivity index (χ4v) is 4.99. The maximum Gasteiger partial charge on any atom is 0.264 e. The minimum absolute atomic E-state index is 0.0448. The van der Waals surface area contributed by atoms with Crippen molar-refractivity contribution >= 4 is 21.6 Å². The third-order valence-corrected chi connectivity index (χ3v) is 7.48. The summed E-state index contributed by atoms with van der Waals surface area (Å²) < 4.78 is 38.3. The topological polar surface area (TPSA) is 84.9 Å². The molecule has 1 N–H and O–H groups in total. The molecule has 0 saturated carbocycles. The normalized spacial score (nSPS) is 15.2. The standard InChI is InChI=1S/C25H26N2O5S/c1-27(21-10-12-22(31-2)13-11-21)33(29,30)23-8-5-7-20(15-23)25(28)26-16-18-14-19-6-3-4-9-24(19)32-17-18/h3-13,15,18H,14,16-17H2,1-2H3,(H,26,28). The molecule has 33 heavy (non-hydrogen) atoms. The number of methoxy groups -OCH3 is 1. The number of carbonyl (C=O) groups is 1. The number of rotatable bonds is 7. The first-order valence-corrected chi connectivity index (χ1v) is 12.0. The molecule has 172 valence electrons. The van der Waals surface area contributed by atoms with Crippen molar-refractivity contribution in [1.29, 1.82) is 0 Å². The Labute approximate surface area is 194 Å². The average molecular weight is 467 g/mol. The van der Waals surface area contributed by atoms with Crippen molar-refractivity contribution < 1.29 is 22.7 Å². The molecule has 0 bridgehead atoms. The summed E-state index contributed by atoms with van der Waals surface area (Å²) in [6.45, 7) is 0.967. The Morgan fingerprint density at radius 3 is 2.61 bits per heavy atom. The first-order valence-electron chi connectivity index (χ1n) is 10.6. The zero-order valence-electron chi connectivity index (χ0n) is 18.5. The van der Waals surface area contributed by atoms with Gasteiger partial charge in [0.1, 0.15) is 11.5 Å². The van der Waals surface area contributed by atoms with Crippen LogP contribution in [0.5, 0.6) is 11.5 Å². The summed E-state index contributed by atoms with van der Waals surface area (Å²) in [6, 6.07) is 20.7. The SMILES string of the molecule is COc1ccc(N(C)S(=O)(=O)c2cccc(C(=O)NCC3COc4ccccc4C3)c2)cc1. The van der Waals surface area contributed by atoms with E-state index in [2.05, 4.69) is 5.32 Å². The van der Waals surface area contributed by atoms with E-state index in [9.17, 15) is 13.2 Å². The van der Waals surface area contributed by atoms with E-state index in [1.54, 1.807) is 43.5 Å². The maximum absolute atomic E-state index is 13.1. The maximum atomic E-state index is 13.1. The number of fused-ring (bicyclic) bond motifs is 1. The fourth-order valence-electron chi connectivity index (χ4n) is 3.75. The fraction of sp³-hybridized carbons (Fsp3) is 0.240. The van der Waals surface area contributed by atoms with E-state index in [0.717, 1.165) is 17.7 Å². The molecule has 1 amide bonds. The number of hydrogen-bond donors (Lipinski definition) is 1. The van der Waals surface area contributed by atoms with E-state index in [4.69, 9.17) is 9.47 Å². The van der Waals surface area contributed by atoms with Crippen molar-refractivity contribution in [3.8, 4) is 11.5 Å². The second-order valence-corrected chi connectivity index (χ2v) is 9.87. The molecule has 1 aliphatic heterocycles.